The lowest BCUT2D eigenvalue weighted by molar-refractivity contribution is -0.122. The van der Waals surface area contributed by atoms with Crippen LogP contribution in [-0.4, -0.2) is 48.6 Å². The number of nitrogens with zero attached hydrogens (tertiary/aromatic N) is 1. The Kier molecular flexibility index (Phi) is 6.65. The van der Waals surface area contributed by atoms with Crippen molar-refractivity contribution in [1.29, 1.82) is 0 Å². The van der Waals surface area contributed by atoms with Crippen molar-refractivity contribution in [2.24, 2.45) is 0 Å². The Morgan fingerprint density at radius 3 is 2.33 bits per heavy atom. The van der Waals surface area contributed by atoms with Gasteiger partial charge in [-0.15, -0.1) is 0 Å². The normalized spacial score (nSPS) is 18.6. The molecule has 0 spiro atoms. The summed E-state index contributed by atoms with van der Waals surface area (Å²) in [7, 11) is 0. The topological polar surface area (TPSA) is 44.4 Å². The van der Waals surface area contributed by atoms with Gasteiger partial charge in [-0.1, -0.05) is 13.8 Å². The minimum atomic E-state index is 0.186. The van der Waals surface area contributed by atoms with Crippen LogP contribution in [0.25, 0.3) is 0 Å². The van der Waals surface area contributed by atoms with Crippen LogP contribution in [0.4, 0.5) is 0 Å². The molecule has 0 aromatic heterocycles. The van der Waals surface area contributed by atoms with E-state index >= 15 is 0 Å². The zero-order valence-electron chi connectivity index (χ0n) is 12.3. The molecule has 0 unspecified atom stereocenters. The van der Waals surface area contributed by atoms with Crippen molar-refractivity contribution in [2.45, 2.75) is 65.1 Å². The molecular weight excluding hydrogens is 226 g/mol. The first-order chi connectivity index (χ1) is 8.49. The van der Waals surface area contributed by atoms with Crippen LogP contribution >= 0.6 is 0 Å². The summed E-state index contributed by atoms with van der Waals surface area (Å²) in [5, 5.41) is 6.41. The number of hydrogen-bond donors (Lipinski definition) is 2. The largest absolute Gasteiger partial charge is 0.353 e. The van der Waals surface area contributed by atoms with Gasteiger partial charge in [0, 0.05) is 44.2 Å². The molecular formula is C14H29N3O. The summed E-state index contributed by atoms with van der Waals surface area (Å²) >= 11 is 0. The van der Waals surface area contributed by atoms with Crippen molar-refractivity contribution < 1.29 is 4.79 Å². The maximum atomic E-state index is 11.7. The number of nitrogens with one attached hydrogen (secondary N) is 2. The number of carbonyl (C=O) groups is 1. The number of hydrogen-bond acceptors (Lipinski definition) is 3. The molecule has 1 fully saturated rings. The van der Waals surface area contributed by atoms with E-state index in [1.165, 1.54) is 0 Å². The lowest BCUT2D eigenvalue weighted by Gasteiger charge is -2.34. The molecule has 18 heavy (non-hydrogen) atoms. The Morgan fingerprint density at radius 2 is 1.83 bits per heavy atom. The predicted molar refractivity (Wildman–Crippen MR) is 75.6 cm³/mol. The van der Waals surface area contributed by atoms with Gasteiger partial charge in [-0.2, -0.15) is 0 Å². The fourth-order valence-corrected chi connectivity index (χ4v) is 2.33. The summed E-state index contributed by atoms with van der Waals surface area (Å²) in [6.45, 7) is 11.6. The molecule has 4 heteroatoms. The fourth-order valence-electron chi connectivity index (χ4n) is 2.33. The van der Waals surface area contributed by atoms with E-state index in [1.54, 1.807) is 0 Å². The van der Waals surface area contributed by atoms with Crippen molar-refractivity contribution in [1.82, 2.24) is 15.5 Å². The third-order valence-corrected chi connectivity index (χ3v) is 3.53. The Hall–Kier alpha value is -0.610. The van der Waals surface area contributed by atoms with Crippen molar-refractivity contribution in [3.63, 3.8) is 0 Å². The molecule has 1 heterocycles. The van der Waals surface area contributed by atoms with Crippen LogP contribution in [0.15, 0.2) is 0 Å². The summed E-state index contributed by atoms with van der Waals surface area (Å²) in [4.78, 5) is 14.2. The van der Waals surface area contributed by atoms with E-state index in [1.807, 2.05) is 0 Å². The molecule has 1 amide bonds. The highest BCUT2D eigenvalue weighted by atomic mass is 16.1. The first-order valence-corrected chi connectivity index (χ1v) is 7.26. The highest BCUT2D eigenvalue weighted by Gasteiger charge is 2.21. The third-order valence-electron chi connectivity index (χ3n) is 3.53. The Balaban J connectivity index is 2.14. The number of amides is 1. The highest BCUT2D eigenvalue weighted by Crippen LogP contribution is 2.12. The van der Waals surface area contributed by atoms with E-state index in [0.29, 0.717) is 24.5 Å². The van der Waals surface area contributed by atoms with E-state index < -0.39 is 0 Å². The zero-order valence-corrected chi connectivity index (χ0v) is 12.3. The first-order valence-electron chi connectivity index (χ1n) is 7.26. The van der Waals surface area contributed by atoms with Crippen LogP contribution in [0, 0.1) is 0 Å². The van der Waals surface area contributed by atoms with E-state index in [-0.39, 0.29) is 5.91 Å². The molecule has 2 N–H and O–H groups in total. The lowest BCUT2D eigenvalue weighted by atomic mass is 10.0. The molecule has 1 saturated heterocycles. The van der Waals surface area contributed by atoms with Crippen molar-refractivity contribution in [3.8, 4) is 0 Å². The SMILES string of the molecule is CC(C)NCCC(=O)NC1CCN(C(C)C)CC1. The highest BCUT2D eigenvalue weighted by molar-refractivity contribution is 5.76. The van der Waals surface area contributed by atoms with E-state index in [4.69, 9.17) is 0 Å². The number of carbonyl (C=O) groups excluding carboxylic acids is 1. The van der Waals surface area contributed by atoms with Crippen molar-refractivity contribution >= 4 is 5.91 Å². The quantitative estimate of drug-likeness (QED) is 0.753. The second-order valence-corrected chi connectivity index (χ2v) is 5.83. The fraction of sp³-hybridized carbons (Fsp3) is 0.929. The first kappa shape index (κ1) is 15.4. The molecule has 1 rings (SSSR count). The summed E-state index contributed by atoms with van der Waals surface area (Å²) in [5.41, 5.74) is 0. The van der Waals surface area contributed by atoms with Crippen molar-refractivity contribution in [3.05, 3.63) is 0 Å². The average molecular weight is 255 g/mol. The van der Waals surface area contributed by atoms with Crippen LogP contribution in [0.5, 0.6) is 0 Å². The molecule has 0 radical (unpaired) electrons. The Morgan fingerprint density at radius 1 is 1.22 bits per heavy atom. The minimum Gasteiger partial charge on any atom is -0.353 e. The molecule has 4 nitrogen and oxygen atoms in total. The van der Waals surface area contributed by atoms with Gasteiger partial charge in [-0.3, -0.25) is 4.79 Å². The van der Waals surface area contributed by atoms with Crippen LogP contribution in [-0.2, 0) is 4.79 Å². The Bertz CT molecular complexity index is 245. The zero-order chi connectivity index (χ0) is 13.5. The summed E-state index contributed by atoms with van der Waals surface area (Å²) in [5.74, 6) is 0.186. The third kappa shape index (κ3) is 5.83. The van der Waals surface area contributed by atoms with Gasteiger partial charge in [0.05, 0.1) is 0 Å². The second-order valence-electron chi connectivity index (χ2n) is 5.83. The second kappa shape index (κ2) is 7.74. The average Bonchev–Trinajstić information content (AvgIpc) is 2.29. The number of likely N-dealkylation sites (tertiary alicyclic amines) is 1. The van der Waals surface area contributed by atoms with Gasteiger partial charge in [0.25, 0.3) is 0 Å². The maximum Gasteiger partial charge on any atom is 0.221 e. The lowest BCUT2D eigenvalue weighted by Crippen LogP contribution is -2.47. The summed E-state index contributed by atoms with van der Waals surface area (Å²) in [6, 6.07) is 1.45. The monoisotopic (exact) mass is 255 g/mol. The van der Waals surface area contributed by atoms with Gasteiger partial charge < -0.3 is 15.5 Å². The molecule has 0 aromatic rings. The standard InChI is InChI=1S/C14H29N3O/c1-11(2)15-8-5-14(18)16-13-6-9-17(10-7-13)12(3)4/h11-13,15H,5-10H2,1-4H3,(H,16,18). The predicted octanol–water partition coefficient (Wildman–Crippen LogP) is 1.36. The van der Waals surface area contributed by atoms with Gasteiger partial charge >= 0.3 is 0 Å². The van der Waals surface area contributed by atoms with Gasteiger partial charge in [-0.05, 0) is 26.7 Å². The minimum absolute atomic E-state index is 0.186. The summed E-state index contributed by atoms with van der Waals surface area (Å²) in [6.07, 6.45) is 2.76. The summed E-state index contributed by atoms with van der Waals surface area (Å²) < 4.78 is 0. The van der Waals surface area contributed by atoms with E-state index in [9.17, 15) is 4.79 Å². The van der Waals surface area contributed by atoms with Gasteiger partial charge in [0.15, 0.2) is 0 Å². The Labute approximate surface area is 111 Å². The molecule has 0 atom stereocenters. The molecule has 1 aliphatic heterocycles. The van der Waals surface area contributed by atoms with Gasteiger partial charge in [0.2, 0.25) is 5.91 Å². The van der Waals surface area contributed by atoms with Crippen LogP contribution in [0.3, 0.4) is 0 Å². The molecule has 0 saturated carbocycles. The molecule has 1 aliphatic rings. The number of piperidine rings is 1. The van der Waals surface area contributed by atoms with Gasteiger partial charge in [0.1, 0.15) is 0 Å². The van der Waals surface area contributed by atoms with Crippen molar-refractivity contribution in [2.75, 3.05) is 19.6 Å². The smallest absolute Gasteiger partial charge is 0.221 e. The van der Waals surface area contributed by atoms with Crippen LogP contribution < -0.4 is 10.6 Å². The van der Waals surface area contributed by atoms with Crippen LogP contribution in [0.1, 0.15) is 47.0 Å². The molecule has 0 bridgehead atoms. The van der Waals surface area contributed by atoms with Gasteiger partial charge in [-0.25, -0.2) is 0 Å². The maximum absolute atomic E-state index is 11.7. The molecule has 106 valence electrons. The molecule has 0 aromatic carbocycles. The number of rotatable bonds is 6. The molecule has 0 aliphatic carbocycles. The van der Waals surface area contributed by atoms with E-state index in [0.717, 1.165) is 32.5 Å². The van der Waals surface area contributed by atoms with Crippen LogP contribution in [0.2, 0.25) is 0 Å². The van der Waals surface area contributed by atoms with E-state index in [2.05, 4.69) is 43.2 Å².